The van der Waals surface area contributed by atoms with Gasteiger partial charge >= 0.3 is 0 Å². The van der Waals surface area contributed by atoms with Gasteiger partial charge in [0.1, 0.15) is 29.2 Å². The van der Waals surface area contributed by atoms with E-state index in [0.717, 1.165) is 76.7 Å². The average Bonchev–Trinajstić information content (AvgIpc) is 4.20. The number of rotatable bonds is 13. The van der Waals surface area contributed by atoms with E-state index < -0.39 is 18.1 Å². The Balaban J connectivity index is 0.000000492. The fraction of sp³-hybridized carbons (Fsp3) is 0.836. The summed E-state index contributed by atoms with van der Waals surface area (Å²) in [6, 6.07) is 3.73. The lowest BCUT2D eigenvalue weighted by molar-refractivity contribution is -0.125. The minimum atomic E-state index is -0.579. The molecule has 0 radical (unpaired) electrons. The van der Waals surface area contributed by atoms with E-state index in [4.69, 9.17) is 5.73 Å². The summed E-state index contributed by atoms with van der Waals surface area (Å²) in [6.45, 7) is 63.2. The van der Waals surface area contributed by atoms with Gasteiger partial charge in [0.15, 0.2) is 0 Å². The number of likely N-dealkylation sites (tertiary alicyclic amines) is 6. The Labute approximate surface area is 523 Å². The third-order valence-electron chi connectivity index (χ3n) is 17.6. The van der Waals surface area contributed by atoms with Crippen LogP contribution in [0, 0.1) is 0 Å². The van der Waals surface area contributed by atoms with Gasteiger partial charge in [-0.3, -0.25) is 53.4 Å². The first-order valence-electron chi connectivity index (χ1n) is 32.9. The smallest absolute Gasteiger partial charge is 0.237 e. The number of amides is 1. The van der Waals surface area contributed by atoms with Crippen LogP contribution in [0.3, 0.4) is 0 Å². The average molecular weight is 1220 g/mol. The van der Waals surface area contributed by atoms with Crippen LogP contribution in [0.1, 0.15) is 196 Å². The number of carbonyl (C=O) groups is 5. The molecule has 0 aromatic heterocycles. The van der Waals surface area contributed by atoms with Crippen molar-refractivity contribution in [2.45, 2.75) is 293 Å². The molecule has 500 valence electrons. The van der Waals surface area contributed by atoms with Crippen LogP contribution in [0.15, 0.2) is 37.0 Å². The molecule has 86 heavy (non-hydrogen) atoms. The van der Waals surface area contributed by atoms with Gasteiger partial charge in [-0.2, -0.15) is 0 Å². The van der Waals surface area contributed by atoms with Gasteiger partial charge in [-0.15, -0.1) is 0 Å². The van der Waals surface area contributed by atoms with E-state index in [-0.39, 0.29) is 54.0 Å². The Morgan fingerprint density at radius 2 is 0.872 bits per heavy atom. The third kappa shape index (κ3) is 27.5. The van der Waals surface area contributed by atoms with Crippen LogP contribution < -0.4 is 16.4 Å². The molecule has 8 saturated heterocycles. The van der Waals surface area contributed by atoms with E-state index in [1.807, 2.05) is 46.4 Å². The highest BCUT2D eigenvalue weighted by Gasteiger charge is 2.39. The zero-order valence-electron chi connectivity index (χ0n) is 58.0. The molecule has 8 atom stereocenters. The summed E-state index contributed by atoms with van der Waals surface area (Å²) in [7, 11) is 0. The quantitative estimate of drug-likeness (QED) is 0.114. The van der Waals surface area contributed by atoms with Crippen LogP contribution in [0.5, 0.6) is 0 Å². The van der Waals surface area contributed by atoms with E-state index in [9.17, 15) is 39.3 Å². The van der Waals surface area contributed by atoms with Crippen LogP contribution in [0.2, 0.25) is 0 Å². The largest absolute Gasteiger partial charge is 0.392 e. The van der Waals surface area contributed by atoms with Crippen LogP contribution >= 0.6 is 0 Å². The minimum Gasteiger partial charge on any atom is -0.392 e. The van der Waals surface area contributed by atoms with Crippen molar-refractivity contribution >= 4 is 29.0 Å². The van der Waals surface area contributed by atoms with Gasteiger partial charge in [-0.1, -0.05) is 19.7 Å². The van der Waals surface area contributed by atoms with E-state index >= 15 is 0 Å². The molecule has 8 rings (SSSR count). The van der Waals surface area contributed by atoms with Crippen molar-refractivity contribution < 1.29 is 39.3 Å². The highest BCUT2D eigenvalue weighted by molar-refractivity contribution is 5.83. The monoisotopic (exact) mass is 1220 g/mol. The summed E-state index contributed by atoms with van der Waals surface area (Å²) in [6.07, 6.45) is 7.64. The summed E-state index contributed by atoms with van der Waals surface area (Å²) in [5.41, 5.74) is 7.65. The zero-order chi connectivity index (χ0) is 66.0. The molecule has 0 spiro atoms. The highest BCUT2D eigenvalue weighted by Crippen LogP contribution is 2.25. The highest BCUT2D eigenvalue weighted by atomic mass is 16.3. The fourth-order valence-electron chi connectivity index (χ4n) is 12.7. The second-order valence-corrected chi connectivity index (χ2v) is 27.1. The summed E-state index contributed by atoms with van der Waals surface area (Å²) < 4.78 is 0. The number of primary amides is 1. The maximum Gasteiger partial charge on any atom is 0.237 e. The van der Waals surface area contributed by atoms with Gasteiger partial charge in [0.2, 0.25) is 5.91 Å². The summed E-state index contributed by atoms with van der Waals surface area (Å²) >= 11 is 0. The SMILES string of the molecule is C=C1CCCN1C(C)C.C=C1CN(C(C)C)CCN1.C=C1NCCN1C(C)C.CC(=O)[C@@H]1CCCN1C(C)C.CC(=O)[C@@H]1C[C@@H](O)CN1C(C)C.CC(=O)[C@H]1CCCN1C(C)C.CC(=O)[C@H]1C[C@H](O)CN1C(C)C.CC(C)N1CC[C@@H](O)[C@H]1C(N)=O. The number of nitrogens with zero attached hydrogens (tertiary/aromatic N) is 8. The number of nitrogens with two attached hydrogens (primary N) is 1. The predicted molar refractivity (Wildman–Crippen MR) is 353 cm³/mol. The van der Waals surface area contributed by atoms with E-state index in [1.165, 1.54) is 37.9 Å². The van der Waals surface area contributed by atoms with Gasteiger partial charge in [0.25, 0.3) is 0 Å². The van der Waals surface area contributed by atoms with Gasteiger partial charge in [-0.05, 0) is 209 Å². The normalized spacial score (nSPS) is 26.4. The number of aliphatic hydroxyl groups excluding tert-OH is 3. The second-order valence-electron chi connectivity index (χ2n) is 27.1. The second kappa shape index (κ2) is 40.1. The van der Waals surface area contributed by atoms with Gasteiger partial charge < -0.3 is 41.5 Å². The first kappa shape index (κ1) is 80.2. The molecular weight excluding hydrogens is 1090 g/mol. The number of carbonyl (C=O) groups excluding carboxylic acids is 5. The standard InChI is InChI=1S/2C9H17NO2.2C9H17NO.C8H16N2O2.C8H16N2.C8H15N.C7H14N2/c2*1-6(2)10-5-8(12)4-9(10)7(3)11;2*1-7(2)10-6-4-5-9(10)8(3)11;1-5(2)10-4-3-6(11)7(10)8(9)12;1-7(2)10-5-4-9-8(3)6-10;1-7(2)9-6-4-5-8(9)3;1-6(2)9-5-4-8-7(9)3/h2*6,8-9,12H,4-5H2,1-3H3;2*7,9H,4-6H2,1-3H3;5-7,11H,3-4H2,1-2H3,(H2,9,12);7,9H,3-6H2,1-2H3;7H,3-6H2,1-2H3;6,8H,3-5H2,1-2H3/t2*8-,9+;2*9-;6-,7+;;;/m10101.../s1. The molecule has 8 heterocycles. The van der Waals surface area contributed by atoms with Crippen molar-refractivity contribution in [3.8, 4) is 0 Å². The molecular formula is C67H129N11O8. The number of hydrogen-bond acceptors (Lipinski definition) is 18. The number of nitrogens with one attached hydrogen (secondary N) is 2. The number of Topliss-reactive ketones (excluding diaryl/α,β-unsaturated/α-hetero) is 4. The van der Waals surface area contributed by atoms with E-state index in [2.05, 4.69) is 134 Å². The fourth-order valence-corrected chi connectivity index (χ4v) is 12.7. The van der Waals surface area contributed by atoms with Gasteiger partial charge in [-0.25, -0.2) is 0 Å². The summed E-state index contributed by atoms with van der Waals surface area (Å²) in [5, 5.41) is 34.6. The number of aliphatic hydroxyl groups is 3. The lowest BCUT2D eigenvalue weighted by Gasteiger charge is -2.32. The summed E-state index contributed by atoms with van der Waals surface area (Å²) in [5.74, 6) is 1.65. The molecule has 1 amide bonds. The molecule has 0 saturated carbocycles. The number of hydrogen-bond donors (Lipinski definition) is 6. The number of allylic oxidation sites excluding steroid dienone is 1. The lowest BCUT2D eigenvalue weighted by atomic mass is 10.1. The maximum absolute atomic E-state index is 11.2. The molecule has 0 bridgehead atoms. The molecule has 7 N–H and O–H groups in total. The lowest BCUT2D eigenvalue weighted by Crippen LogP contribution is -2.48. The Morgan fingerprint density at radius 1 is 0.465 bits per heavy atom. The Hall–Kier alpha value is -3.79. The number of β-amino-alcohol motifs (C(OH)–C–C–N with tert-alkyl or cyclic N) is 2. The zero-order valence-corrected chi connectivity index (χ0v) is 58.0. The number of piperazine rings is 1. The molecule has 0 aromatic rings. The topological polar surface area (TPSA) is 222 Å². The Kier molecular flexibility index (Phi) is 37.4. The van der Waals surface area contributed by atoms with Crippen LogP contribution in [0.4, 0.5) is 0 Å². The van der Waals surface area contributed by atoms with Crippen molar-refractivity contribution in [2.24, 2.45) is 5.73 Å². The predicted octanol–water partition coefficient (Wildman–Crippen LogP) is 6.64. The number of ketones is 4. The minimum absolute atomic E-state index is 0.0556. The van der Waals surface area contributed by atoms with Crippen LogP contribution in [-0.4, -0.2) is 252 Å². The molecule has 0 unspecified atom stereocenters. The van der Waals surface area contributed by atoms with Crippen molar-refractivity contribution in [3.63, 3.8) is 0 Å². The van der Waals surface area contributed by atoms with E-state index in [0.29, 0.717) is 86.2 Å². The van der Waals surface area contributed by atoms with E-state index in [1.54, 1.807) is 27.7 Å². The molecule has 8 aliphatic rings. The molecule has 8 fully saturated rings. The van der Waals surface area contributed by atoms with Crippen molar-refractivity contribution in [3.05, 3.63) is 37.0 Å². The van der Waals surface area contributed by atoms with Crippen molar-refractivity contribution in [2.75, 3.05) is 72.0 Å². The molecule has 19 heteroatoms. The Morgan fingerprint density at radius 3 is 1.10 bits per heavy atom. The van der Waals surface area contributed by atoms with Gasteiger partial charge in [0, 0.05) is 119 Å². The first-order chi connectivity index (χ1) is 40.0. The molecule has 8 aliphatic heterocycles. The third-order valence-corrected chi connectivity index (χ3v) is 17.6. The molecule has 19 nitrogen and oxygen atoms in total. The van der Waals surface area contributed by atoms with Crippen molar-refractivity contribution in [1.29, 1.82) is 0 Å². The van der Waals surface area contributed by atoms with Crippen molar-refractivity contribution in [1.82, 2.24) is 49.8 Å². The van der Waals surface area contributed by atoms with Gasteiger partial charge in [0.05, 0.1) is 48.3 Å². The maximum atomic E-state index is 11.2. The Bertz CT molecular complexity index is 1950. The summed E-state index contributed by atoms with van der Waals surface area (Å²) in [4.78, 5) is 73.2. The molecule has 0 aromatic carbocycles. The molecule has 0 aliphatic carbocycles. The first-order valence-corrected chi connectivity index (χ1v) is 32.9. The van der Waals surface area contributed by atoms with Crippen LogP contribution in [0.25, 0.3) is 0 Å². The van der Waals surface area contributed by atoms with Crippen LogP contribution in [-0.2, 0) is 24.0 Å².